The predicted octanol–water partition coefficient (Wildman–Crippen LogP) is 3.05. The number of alkyl halides is 3. The fourth-order valence-corrected chi connectivity index (χ4v) is 1.58. The highest BCUT2D eigenvalue weighted by Crippen LogP contribution is 2.33. The number of hydrogen-bond acceptors (Lipinski definition) is 3. The first-order valence-electron chi connectivity index (χ1n) is 5.14. The number of aryl methyl sites for hydroxylation is 1. The third kappa shape index (κ3) is 2.42. The Balaban J connectivity index is 2.54. The van der Waals surface area contributed by atoms with Crippen LogP contribution >= 0.6 is 0 Å². The maximum absolute atomic E-state index is 12.8. The molecule has 2 aromatic rings. The molecule has 0 spiro atoms. The van der Waals surface area contributed by atoms with Crippen LogP contribution in [0.1, 0.15) is 11.1 Å². The molecule has 0 bridgehead atoms. The number of nitrogens with two attached hydrogens (primary N) is 1. The van der Waals surface area contributed by atoms with Gasteiger partial charge in [-0.05, 0) is 24.6 Å². The molecule has 0 amide bonds. The van der Waals surface area contributed by atoms with Crippen molar-refractivity contribution in [3.05, 3.63) is 41.6 Å². The van der Waals surface area contributed by atoms with Gasteiger partial charge in [0.25, 0.3) is 0 Å². The maximum Gasteiger partial charge on any atom is 0.416 e. The standard InChI is InChI=1S/C12H10F3N3/c1-7-2-3-8(6-9(7)12(13,14)15)11-17-5-4-10(16)18-11/h2-6H,1H3,(H2,16,17,18). The Labute approximate surface area is 101 Å². The van der Waals surface area contributed by atoms with Gasteiger partial charge in [-0.15, -0.1) is 0 Å². The lowest BCUT2D eigenvalue weighted by molar-refractivity contribution is -0.138. The lowest BCUT2D eigenvalue weighted by atomic mass is 10.0. The fraction of sp³-hybridized carbons (Fsp3) is 0.167. The number of benzene rings is 1. The molecule has 0 aliphatic rings. The minimum atomic E-state index is -4.39. The van der Waals surface area contributed by atoms with E-state index in [0.717, 1.165) is 6.07 Å². The zero-order valence-electron chi connectivity index (χ0n) is 9.49. The van der Waals surface area contributed by atoms with Gasteiger partial charge in [-0.2, -0.15) is 13.2 Å². The van der Waals surface area contributed by atoms with Crippen LogP contribution in [0.2, 0.25) is 0 Å². The van der Waals surface area contributed by atoms with Crippen molar-refractivity contribution in [3.63, 3.8) is 0 Å². The second kappa shape index (κ2) is 4.29. The van der Waals surface area contributed by atoms with Crippen LogP contribution in [-0.2, 0) is 6.18 Å². The Morgan fingerprint density at radius 3 is 2.50 bits per heavy atom. The van der Waals surface area contributed by atoms with E-state index in [0.29, 0.717) is 5.56 Å². The van der Waals surface area contributed by atoms with Crippen molar-refractivity contribution in [3.8, 4) is 11.4 Å². The maximum atomic E-state index is 12.8. The minimum absolute atomic E-state index is 0.162. The molecule has 0 fully saturated rings. The van der Waals surface area contributed by atoms with Crippen molar-refractivity contribution in [2.24, 2.45) is 0 Å². The molecule has 1 heterocycles. The van der Waals surface area contributed by atoms with Crippen molar-refractivity contribution in [2.75, 3.05) is 5.73 Å². The summed E-state index contributed by atoms with van der Waals surface area (Å²) in [7, 11) is 0. The van der Waals surface area contributed by atoms with Crippen molar-refractivity contribution in [1.29, 1.82) is 0 Å². The Bertz CT molecular complexity index is 579. The molecule has 94 valence electrons. The van der Waals surface area contributed by atoms with Gasteiger partial charge in [0.1, 0.15) is 5.82 Å². The Morgan fingerprint density at radius 2 is 1.89 bits per heavy atom. The van der Waals surface area contributed by atoms with E-state index in [1.807, 2.05) is 0 Å². The Kier molecular flexibility index (Phi) is 2.94. The van der Waals surface area contributed by atoms with Gasteiger partial charge in [0.15, 0.2) is 5.82 Å². The van der Waals surface area contributed by atoms with E-state index in [4.69, 9.17) is 5.73 Å². The highest BCUT2D eigenvalue weighted by Gasteiger charge is 2.32. The van der Waals surface area contributed by atoms with Crippen LogP contribution in [0, 0.1) is 6.92 Å². The fourth-order valence-electron chi connectivity index (χ4n) is 1.58. The zero-order chi connectivity index (χ0) is 13.3. The number of aromatic nitrogens is 2. The molecular formula is C12H10F3N3. The summed E-state index contributed by atoms with van der Waals surface area (Å²) < 4.78 is 38.3. The van der Waals surface area contributed by atoms with Crippen molar-refractivity contribution < 1.29 is 13.2 Å². The van der Waals surface area contributed by atoms with Crippen LogP contribution in [0.5, 0.6) is 0 Å². The topological polar surface area (TPSA) is 51.8 Å². The number of nitrogen functional groups attached to an aromatic ring is 1. The SMILES string of the molecule is Cc1ccc(-c2nccc(N)n2)cc1C(F)(F)F. The largest absolute Gasteiger partial charge is 0.416 e. The number of anilines is 1. The monoisotopic (exact) mass is 253 g/mol. The smallest absolute Gasteiger partial charge is 0.384 e. The van der Waals surface area contributed by atoms with Gasteiger partial charge < -0.3 is 5.73 Å². The lowest BCUT2D eigenvalue weighted by Gasteiger charge is -2.11. The molecule has 0 saturated heterocycles. The molecule has 0 aliphatic carbocycles. The van der Waals surface area contributed by atoms with Crippen LogP contribution < -0.4 is 5.73 Å². The van der Waals surface area contributed by atoms with E-state index in [-0.39, 0.29) is 17.2 Å². The first-order valence-corrected chi connectivity index (χ1v) is 5.14. The molecule has 0 saturated carbocycles. The van der Waals surface area contributed by atoms with E-state index < -0.39 is 11.7 Å². The molecule has 2 N–H and O–H groups in total. The average Bonchev–Trinajstić information content (AvgIpc) is 2.28. The van der Waals surface area contributed by atoms with Crippen LogP contribution in [0.3, 0.4) is 0 Å². The molecule has 2 rings (SSSR count). The van der Waals surface area contributed by atoms with Gasteiger partial charge in [-0.3, -0.25) is 0 Å². The van der Waals surface area contributed by atoms with Gasteiger partial charge in [-0.25, -0.2) is 9.97 Å². The van der Waals surface area contributed by atoms with Crippen LogP contribution in [0.15, 0.2) is 30.5 Å². The van der Waals surface area contributed by atoms with Gasteiger partial charge in [0, 0.05) is 11.8 Å². The van der Waals surface area contributed by atoms with Crippen LogP contribution in [-0.4, -0.2) is 9.97 Å². The molecular weight excluding hydrogens is 243 g/mol. The summed E-state index contributed by atoms with van der Waals surface area (Å²) in [6.07, 6.45) is -2.98. The molecule has 1 aromatic carbocycles. The first-order chi connectivity index (χ1) is 8.38. The lowest BCUT2D eigenvalue weighted by Crippen LogP contribution is -2.07. The third-order valence-corrected chi connectivity index (χ3v) is 2.48. The van der Waals surface area contributed by atoms with E-state index in [1.54, 1.807) is 6.07 Å². The normalized spacial score (nSPS) is 11.6. The van der Waals surface area contributed by atoms with E-state index in [1.165, 1.54) is 25.3 Å². The molecule has 3 nitrogen and oxygen atoms in total. The van der Waals surface area contributed by atoms with E-state index >= 15 is 0 Å². The summed E-state index contributed by atoms with van der Waals surface area (Å²) in [4.78, 5) is 7.80. The number of hydrogen-bond donors (Lipinski definition) is 1. The summed E-state index contributed by atoms with van der Waals surface area (Å²) in [5.41, 5.74) is 5.24. The summed E-state index contributed by atoms with van der Waals surface area (Å²) in [6, 6.07) is 5.44. The Hall–Kier alpha value is -2.11. The van der Waals surface area contributed by atoms with Crippen LogP contribution in [0.25, 0.3) is 11.4 Å². The highest BCUT2D eigenvalue weighted by molar-refractivity contribution is 5.59. The predicted molar refractivity (Wildman–Crippen MR) is 61.6 cm³/mol. The molecule has 0 aliphatic heterocycles. The quantitative estimate of drug-likeness (QED) is 0.849. The van der Waals surface area contributed by atoms with Gasteiger partial charge in [0.2, 0.25) is 0 Å². The average molecular weight is 253 g/mol. The second-order valence-electron chi connectivity index (χ2n) is 3.83. The molecule has 0 atom stereocenters. The number of rotatable bonds is 1. The zero-order valence-corrected chi connectivity index (χ0v) is 9.49. The molecule has 18 heavy (non-hydrogen) atoms. The molecule has 0 unspecified atom stereocenters. The van der Waals surface area contributed by atoms with E-state index in [2.05, 4.69) is 9.97 Å². The van der Waals surface area contributed by atoms with Crippen LogP contribution in [0.4, 0.5) is 19.0 Å². The minimum Gasteiger partial charge on any atom is -0.384 e. The first kappa shape index (κ1) is 12.3. The van der Waals surface area contributed by atoms with Crippen molar-refractivity contribution in [2.45, 2.75) is 13.1 Å². The molecule has 1 aromatic heterocycles. The number of halogens is 3. The van der Waals surface area contributed by atoms with Gasteiger partial charge >= 0.3 is 6.18 Å². The molecule has 6 heteroatoms. The summed E-state index contributed by atoms with van der Waals surface area (Å²) in [6.45, 7) is 1.41. The van der Waals surface area contributed by atoms with Crippen molar-refractivity contribution in [1.82, 2.24) is 9.97 Å². The second-order valence-corrected chi connectivity index (χ2v) is 3.83. The summed E-state index contributed by atoms with van der Waals surface area (Å²) in [5, 5.41) is 0. The van der Waals surface area contributed by atoms with Crippen molar-refractivity contribution >= 4 is 5.82 Å². The highest BCUT2D eigenvalue weighted by atomic mass is 19.4. The number of nitrogens with zero attached hydrogens (tertiary/aromatic N) is 2. The van der Waals surface area contributed by atoms with E-state index in [9.17, 15) is 13.2 Å². The Morgan fingerprint density at radius 1 is 1.17 bits per heavy atom. The van der Waals surface area contributed by atoms with Gasteiger partial charge in [-0.1, -0.05) is 12.1 Å². The van der Waals surface area contributed by atoms with Gasteiger partial charge in [0.05, 0.1) is 5.56 Å². The summed E-state index contributed by atoms with van der Waals surface area (Å²) >= 11 is 0. The molecule has 0 radical (unpaired) electrons. The third-order valence-electron chi connectivity index (χ3n) is 2.48. The summed E-state index contributed by atoms with van der Waals surface area (Å²) in [5.74, 6) is 0.398.